The van der Waals surface area contributed by atoms with Gasteiger partial charge in [0.2, 0.25) is 15.9 Å². The number of sulfonamides is 1. The topological polar surface area (TPSA) is 66.5 Å². The van der Waals surface area contributed by atoms with E-state index in [9.17, 15) is 13.2 Å². The lowest BCUT2D eigenvalue weighted by Crippen LogP contribution is -2.39. The maximum Gasteiger partial charge on any atom is 0.242 e. The Morgan fingerprint density at radius 3 is 2.57 bits per heavy atom. The first-order valence-corrected chi connectivity index (χ1v) is 8.97. The Labute approximate surface area is 139 Å². The number of anilines is 1. The number of rotatable bonds is 4. The molecule has 0 unspecified atom stereocenters. The summed E-state index contributed by atoms with van der Waals surface area (Å²) in [6.45, 7) is 0.292. The van der Waals surface area contributed by atoms with Gasteiger partial charge in [-0.1, -0.05) is 29.8 Å². The zero-order chi connectivity index (χ0) is 16.4. The molecule has 1 aliphatic heterocycles. The summed E-state index contributed by atoms with van der Waals surface area (Å²) in [5, 5.41) is 0.453. The molecule has 0 saturated heterocycles. The Kier molecular flexibility index (Phi) is 4.39. The highest BCUT2D eigenvalue weighted by Gasteiger charge is 2.25. The number of hydrogen-bond donors (Lipinski definition) is 1. The Morgan fingerprint density at radius 1 is 1.13 bits per heavy atom. The molecule has 3 rings (SSSR count). The van der Waals surface area contributed by atoms with Crippen LogP contribution in [0.25, 0.3) is 0 Å². The van der Waals surface area contributed by atoms with E-state index in [4.69, 9.17) is 11.6 Å². The molecule has 23 heavy (non-hydrogen) atoms. The van der Waals surface area contributed by atoms with E-state index in [0.29, 0.717) is 11.6 Å². The highest BCUT2D eigenvalue weighted by atomic mass is 35.5. The van der Waals surface area contributed by atoms with Gasteiger partial charge in [0.25, 0.3) is 0 Å². The van der Waals surface area contributed by atoms with Crippen molar-refractivity contribution >= 4 is 33.2 Å². The van der Waals surface area contributed by atoms with Crippen LogP contribution in [-0.4, -0.2) is 27.4 Å². The van der Waals surface area contributed by atoms with Gasteiger partial charge >= 0.3 is 0 Å². The first-order valence-electron chi connectivity index (χ1n) is 7.11. The molecule has 5 nitrogen and oxygen atoms in total. The lowest BCUT2D eigenvalue weighted by molar-refractivity contribution is -0.117. The summed E-state index contributed by atoms with van der Waals surface area (Å²) in [5.41, 5.74) is 1.95. The van der Waals surface area contributed by atoms with Crippen molar-refractivity contribution in [3.05, 3.63) is 59.1 Å². The van der Waals surface area contributed by atoms with E-state index in [-0.39, 0.29) is 17.3 Å². The first-order chi connectivity index (χ1) is 11.0. The normalized spacial score (nSPS) is 13.9. The van der Waals surface area contributed by atoms with Gasteiger partial charge in [-0.3, -0.25) is 4.79 Å². The van der Waals surface area contributed by atoms with E-state index in [1.165, 1.54) is 24.3 Å². The minimum Gasteiger partial charge on any atom is -0.311 e. The highest BCUT2D eigenvalue weighted by molar-refractivity contribution is 7.89. The van der Waals surface area contributed by atoms with Crippen molar-refractivity contribution in [2.45, 2.75) is 11.3 Å². The smallest absolute Gasteiger partial charge is 0.242 e. The molecule has 1 amide bonds. The second-order valence-corrected chi connectivity index (χ2v) is 7.41. The number of nitrogens with zero attached hydrogens (tertiary/aromatic N) is 1. The number of nitrogens with one attached hydrogen (secondary N) is 1. The van der Waals surface area contributed by atoms with Crippen molar-refractivity contribution < 1.29 is 13.2 Å². The van der Waals surface area contributed by atoms with Crippen LogP contribution in [0, 0.1) is 0 Å². The maximum atomic E-state index is 12.3. The number of amides is 1. The van der Waals surface area contributed by atoms with Crippen molar-refractivity contribution in [1.82, 2.24) is 4.72 Å². The largest absolute Gasteiger partial charge is 0.311 e. The van der Waals surface area contributed by atoms with Crippen LogP contribution in [-0.2, 0) is 21.2 Å². The number of halogens is 1. The summed E-state index contributed by atoms with van der Waals surface area (Å²) in [6, 6.07) is 13.4. The van der Waals surface area contributed by atoms with Gasteiger partial charge in [0, 0.05) is 17.3 Å². The average molecular weight is 351 g/mol. The molecular weight excluding hydrogens is 336 g/mol. The molecule has 1 aliphatic rings. The third-order valence-corrected chi connectivity index (χ3v) is 5.39. The first kappa shape index (κ1) is 16.0. The van der Waals surface area contributed by atoms with Gasteiger partial charge in [0.15, 0.2) is 0 Å². The van der Waals surface area contributed by atoms with Gasteiger partial charge in [-0.25, -0.2) is 13.1 Å². The molecule has 1 heterocycles. The SMILES string of the molecule is O=C(CNS(=O)(=O)c1ccc(Cl)cc1)N1CCc2ccccc21. The van der Waals surface area contributed by atoms with Crippen molar-refractivity contribution in [2.24, 2.45) is 0 Å². The summed E-state index contributed by atoms with van der Waals surface area (Å²) in [4.78, 5) is 14.0. The quantitative estimate of drug-likeness (QED) is 0.919. The van der Waals surface area contributed by atoms with E-state index in [1.54, 1.807) is 4.90 Å². The van der Waals surface area contributed by atoms with Crippen molar-refractivity contribution in [3.8, 4) is 0 Å². The van der Waals surface area contributed by atoms with Crippen molar-refractivity contribution in [3.63, 3.8) is 0 Å². The van der Waals surface area contributed by atoms with Crippen LogP contribution in [0.2, 0.25) is 5.02 Å². The van der Waals surface area contributed by atoms with Crippen molar-refractivity contribution in [1.29, 1.82) is 0 Å². The number of carbonyl (C=O) groups is 1. The number of para-hydroxylation sites is 1. The fourth-order valence-corrected chi connectivity index (χ4v) is 3.65. The van der Waals surface area contributed by atoms with Crippen LogP contribution in [0.1, 0.15) is 5.56 Å². The van der Waals surface area contributed by atoms with Gasteiger partial charge in [-0.15, -0.1) is 0 Å². The minimum absolute atomic E-state index is 0.0801. The molecule has 7 heteroatoms. The minimum atomic E-state index is -3.74. The molecule has 0 fully saturated rings. The summed E-state index contributed by atoms with van der Waals surface area (Å²) in [7, 11) is -3.74. The summed E-state index contributed by atoms with van der Waals surface area (Å²) < 4.78 is 26.7. The van der Waals surface area contributed by atoms with Gasteiger partial charge in [0.05, 0.1) is 11.4 Å². The molecule has 0 saturated carbocycles. The van der Waals surface area contributed by atoms with Crippen LogP contribution < -0.4 is 9.62 Å². The maximum absolute atomic E-state index is 12.3. The molecular formula is C16H15ClN2O3S. The molecule has 0 spiro atoms. The Balaban J connectivity index is 1.69. The van der Waals surface area contributed by atoms with E-state index >= 15 is 0 Å². The van der Waals surface area contributed by atoms with E-state index in [1.807, 2.05) is 24.3 Å². The monoisotopic (exact) mass is 350 g/mol. The average Bonchev–Trinajstić information content (AvgIpc) is 2.97. The van der Waals surface area contributed by atoms with Gasteiger partial charge in [0.1, 0.15) is 0 Å². The fourth-order valence-electron chi connectivity index (χ4n) is 2.55. The molecule has 0 aliphatic carbocycles. The summed E-state index contributed by atoms with van der Waals surface area (Å²) >= 11 is 5.75. The van der Waals surface area contributed by atoms with E-state index in [2.05, 4.69) is 4.72 Å². The summed E-state index contributed by atoms with van der Waals surface area (Å²) in [6.07, 6.45) is 0.784. The third-order valence-electron chi connectivity index (χ3n) is 3.73. The summed E-state index contributed by atoms with van der Waals surface area (Å²) in [5.74, 6) is -0.271. The molecule has 0 bridgehead atoms. The van der Waals surface area contributed by atoms with Gasteiger partial charge in [-0.2, -0.15) is 0 Å². The van der Waals surface area contributed by atoms with Crippen molar-refractivity contribution in [2.75, 3.05) is 18.0 Å². The molecule has 1 N–H and O–H groups in total. The number of benzene rings is 2. The predicted molar refractivity (Wildman–Crippen MR) is 89.1 cm³/mol. The van der Waals surface area contributed by atoms with Gasteiger partial charge < -0.3 is 4.90 Å². The van der Waals surface area contributed by atoms with Gasteiger partial charge in [-0.05, 0) is 42.3 Å². The lowest BCUT2D eigenvalue weighted by Gasteiger charge is -2.17. The van der Waals surface area contributed by atoms with Crippen LogP contribution in [0.15, 0.2) is 53.4 Å². The molecule has 120 valence electrons. The van der Waals surface area contributed by atoms with E-state index < -0.39 is 10.0 Å². The van der Waals surface area contributed by atoms with Crippen LogP contribution >= 0.6 is 11.6 Å². The van der Waals surface area contributed by atoms with Crippen LogP contribution in [0.3, 0.4) is 0 Å². The number of fused-ring (bicyclic) bond motifs is 1. The Morgan fingerprint density at radius 2 is 1.83 bits per heavy atom. The predicted octanol–water partition coefficient (Wildman–Crippen LogP) is 2.21. The molecule has 0 atom stereocenters. The third kappa shape index (κ3) is 3.39. The number of carbonyl (C=O) groups excluding carboxylic acids is 1. The lowest BCUT2D eigenvalue weighted by atomic mass is 10.2. The molecule has 0 radical (unpaired) electrons. The molecule has 0 aromatic heterocycles. The molecule has 2 aromatic rings. The number of hydrogen-bond acceptors (Lipinski definition) is 3. The Hall–Kier alpha value is -1.89. The molecule has 2 aromatic carbocycles. The van der Waals surface area contributed by atoms with Crippen LogP contribution in [0.5, 0.6) is 0 Å². The Bertz CT molecular complexity index is 835. The zero-order valence-corrected chi connectivity index (χ0v) is 13.8. The highest BCUT2D eigenvalue weighted by Crippen LogP contribution is 2.27. The standard InChI is InChI=1S/C16H15ClN2O3S/c17-13-5-7-14(8-6-13)23(21,22)18-11-16(20)19-10-9-12-3-1-2-4-15(12)19/h1-8,18H,9-11H2. The second kappa shape index (κ2) is 6.31. The second-order valence-electron chi connectivity index (χ2n) is 5.20. The zero-order valence-electron chi connectivity index (χ0n) is 12.2. The van der Waals surface area contributed by atoms with E-state index in [0.717, 1.165) is 17.7 Å². The van der Waals surface area contributed by atoms with Crippen LogP contribution in [0.4, 0.5) is 5.69 Å². The fraction of sp³-hybridized carbons (Fsp3) is 0.188.